The molecule has 0 heterocycles. The third kappa shape index (κ3) is 5.86. The van der Waals surface area contributed by atoms with Crippen molar-refractivity contribution in [3.05, 3.63) is 46.0 Å². The Kier molecular flexibility index (Phi) is 8.08. The van der Waals surface area contributed by atoms with E-state index in [-0.39, 0.29) is 0 Å². The van der Waals surface area contributed by atoms with E-state index < -0.39 is 0 Å². The number of benzene rings is 1. The van der Waals surface area contributed by atoms with Crippen molar-refractivity contribution in [2.75, 3.05) is 0 Å². The van der Waals surface area contributed by atoms with E-state index in [0.29, 0.717) is 0 Å². The third-order valence-corrected chi connectivity index (χ3v) is 4.16. The Morgan fingerprint density at radius 3 is 2.50 bits per heavy atom. The highest BCUT2D eigenvalue weighted by Gasteiger charge is 2.02. The second-order valence-corrected chi connectivity index (χ2v) is 5.73. The van der Waals surface area contributed by atoms with Crippen LogP contribution in [0, 0.1) is 0 Å². The van der Waals surface area contributed by atoms with Crippen LogP contribution in [0.2, 0.25) is 0 Å². The smallest absolute Gasteiger partial charge is 0.0210 e. The molecule has 0 spiro atoms. The van der Waals surface area contributed by atoms with Crippen LogP contribution in [0.5, 0.6) is 0 Å². The van der Waals surface area contributed by atoms with E-state index in [1.807, 2.05) is 0 Å². The van der Waals surface area contributed by atoms with Gasteiger partial charge in [0.05, 0.1) is 0 Å². The van der Waals surface area contributed by atoms with Gasteiger partial charge in [-0.25, -0.2) is 0 Å². The average molecular weight is 309 g/mol. The lowest BCUT2D eigenvalue weighted by molar-refractivity contribution is 0.627. The highest BCUT2D eigenvalue weighted by molar-refractivity contribution is 9.10. The van der Waals surface area contributed by atoms with Crippen molar-refractivity contribution in [3.8, 4) is 0 Å². The van der Waals surface area contributed by atoms with Crippen molar-refractivity contribution in [1.82, 2.24) is 0 Å². The predicted molar refractivity (Wildman–Crippen MR) is 85.0 cm³/mol. The van der Waals surface area contributed by atoms with Gasteiger partial charge in [-0.1, -0.05) is 78.4 Å². The first kappa shape index (κ1) is 15.5. The molecule has 0 unspecified atom stereocenters. The first-order valence-electron chi connectivity index (χ1n) is 7.15. The molecule has 1 aromatic rings. The second kappa shape index (κ2) is 9.38. The summed E-state index contributed by atoms with van der Waals surface area (Å²) in [5.41, 5.74) is 2.97. The van der Waals surface area contributed by atoms with Crippen LogP contribution in [0.3, 0.4) is 0 Å². The van der Waals surface area contributed by atoms with Crippen molar-refractivity contribution < 1.29 is 0 Å². The molecule has 0 radical (unpaired) electrons. The first-order valence-corrected chi connectivity index (χ1v) is 7.94. The molecule has 0 saturated heterocycles. The summed E-state index contributed by atoms with van der Waals surface area (Å²) >= 11 is 3.63. The Hall–Kier alpha value is -0.560. The summed E-state index contributed by atoms with van der Waals surface area (Å²) in [5.74, 6) is 0. The molecule has 0 bridgehead atoms. The average Bonchev–Trinajstić information content (AvgIpc) is 2.39. The Morgan fingerprint density at radius 1 is 1.11 bits per heavy atom. The van der Waals surface area contributed by atoms with Crippen molar-refractivity contribution in [2.45, 2.75) is 58.8 Å². The van der Waals surface area contributed by atoms with E-state index >= 15 is 0 Å². The normalized spacial score (nSPS) is 11.8. The molecule has 0 nitrogen and oxygen atoms in total. The maximum Gasteiger partial charge on any atom is 0.0210 e. The van der Waals surface area contributed by atoms with Gasteiger partial charge in [0.1, 0.15) is 0 Å². The van der Waals surface area contributed by atoms with Gasteiger partial charge in [-0.15, -0.1) is 0 Å². The number of hydrogen-bond acceptors (Lipinski definition) is 0. The van der Waals surface area contributed by atoms with Gasteiger partial charge in [-0.3, -0.25) is 0 Å². The molecule has 0 aliphatic carbocycles. The van der Waals surface area contributed by atoms with Crippen LogP contribution in [0.1, 0.15) is 57.9 Å². The Bertz CT molecular complexity index is 366. The highest BCUT2D eigenvalue weighted by atomic mass is 79.9. The van der Waals surface area contributed by atoms with Crippen molar-refractivity contribution in [3.63, 3.8) is 0 Å². The minimum atomic E-state index is 1.09. The third-order valence-electron chi connectivity index (χ3n) is 3.39. The number of unbranched alkanes of at least 4 members (excludes halogenated alkanes) is 4. The van der Waals surface area contributed by atoms with Crippen LogP contribution >= 0.6 is 15.9 Å². The van der Waals surface area contributed by atoms with Gasteiger partial charge in [0.25, 0.3) is 0 Å². The summed E-state index contributed by atoms with van der Waals surface area (Å²) in [4.78, 5) is 0. The van der Waals surface area contributed by atoms with Gasteiger partial charge in [-0.2, -0.15) is 0 Å². The van der Waals surface area contributed by atoms with E-state index in [0.717, 1.165) is 6.42 Å². The summed E-state index contributed by atoms with van der Waals surface area (Å²) in [6.07, 6.45) is 11.4. The molecule has 0 atom stereocenters. The molecule has 0 saturated carbocycles. The maximum absolute atomic E-state index is 3.63. The zero-order valence-corrected chi connectivity index (χ0v) is 13.3. The summed E-state index contributed by atoms with van der Waals surface area (Å²) < 4.78 is 1.23. The van der Waals surface area contributed by atoms with Crippen molar-refractivity contribution in [2.24, 2.45) is 0 Å². The van der Waals surface area contributed by atoms with Gasteiger partial charge in [0.15, 0.2) is 0 Å². The zero-order chi connectivity index (χ0) is 13.2. The minimum absolute atomic E-state index is 1.09. The number of rotatable bonds is 8. The number of hydrogen-bond donors (Lipinski definition) is 0. The van der Waals surface area contributed by atoms with Gasteiger partial charge in [-0.05, 0) is 37.8 Å². The number of allylic oxidation sites excluding steroid dienone is 2. The Balaban J connectivity index is 2.37. The minimum Gasteiger partial charge on any atom is -0.0881 e. The van der Waals surface area contributed by atoms with Crippen molar-refractivity contribution in [1.29, 1.82) is 0 Å². The molecule has 0 amide bonds. The molecule has 1 rings (SSSR count). The van der Waals surface area contributed by atoms with E-state index in [9.17, 15) is 0 Å². The molecule has 0 N–H and O–H groups in total. The summed E-state index contributed by atoms with van der Waals surface area (Å²) in [6.45, 7) is 4.43. The fourth-order valence-electron chi connectivity index (χ4n) is 2.18. The topological polar surface area (TPSA) is 0 Å². The standard InChI is InChI=1S/C17H25Br/c1-3-5-6-7-8-11-15(4-2)14-16-12-9-10-13-17(16)18/h4,9-10,12-13H,3,5-8,11,14H2,1-2H3/b15-4-. The van der Waals surface area contributed by atoms with Crippen LogP contribution in [-0.4, -0.2) is 0 Å². The molecule has 0 aromatic heterocycles. The lowest BCUT2D eigenvalue weighted by atomic mass is 9.99. The SMILES string of the molecule is C/C=C(/CCCCCCC)Cc1ccccc1Br. The zero-order valence-electron chi connectivity index (χ0n) is 11.7. The molecule has 18 heavy (non-hydrogen) atoms. The van der Waals surface area contributed by atoms with Crippen LogP contribution in [0.25, 0.3) is 0 Å². The molecular formula is C17H25Br. The van der Waals surface area contributed by atoms with Crippen LogP contribution < -0.4 is 0 Å². The Morgan fingerprint density at radius 2 is 1.83 bits per heavy atom. The quantitative estimate of drug-likeness (QED) is 0.390. The van der Waals surface area contributed by atoms with Crippen LogP contribution in [0.15, 0.2) is 40.4 Å². The Labute approximate surface area is 121 Å². The molecular weight excluding hydrogens is 284 g/mol. The highest BCUT2D eigenvalue weighted by Crippen LogP contribution is 2.22. The lowest BCUT2D eigenvalue weighted by Gasteiger charge is -2.09. The second-order valence-electron chi connectivity index (χ2n) is 4.88. The van der Waals surface area contributed by atoms with E-state index in [1.165, 1.54) is 48.6 Å². The summed E-state index contributed by atoms with van der Waals surface area (Å²) in [7, 11) is 0. The van der Waals surface area contributed by atoms with Gasteiger partial charge >= 0.3 is 0 Å². The first-order chi connectivity index (χ1) is 8.77. The fourth-order valence-corrected chi connectivity index (χ4v) is 2.60. The van der Waals surface area contributed by atoms with E-state index in [1.54, 1.807) is 5.57 Å². The maximum atomic E-state index is 3.63. The summed E-state index contributed by atoms with van der Waals surface area (Å²) in [5, 5.41) is 0. The lowest BCUT2D eigenvalue weighted by Crippen LogP contribution is -1.92. The van der Waals surface area contributed by atoms with Gasteiger partial charge in [0, 0.05) is 4.47 Å². The monoisotopic (exact) mass is 308 g/mol. The number of halogens is 1. The van der Waals surface area contributed by atoms with Gasteiger partial charge in [0.2, 0.25) is 0 Å². The summed E-state index contributed by atoms with van der Waals surface area (Å²) in [6, 6.07) is 8.54. The predicted octanol–water partition coefficient (Wildman–Crippen LogP) is 6.30. The van der Waals surface area contributed by atoms with Crippen molar-refractivity contribution >= 4 is 15.9 Å². The molecule has 1 aromatic carbocycles. The van der Waals surface area contributed by atoms with E-state index in [2.05, 4.69) is 60.1 Å². The van der Waals surface area contributed by atoms with Crippen LogP contribution in [-0.2, 0) is 6.42 Å². The molecule has 0 fully saturated rings. The molecule has 100 valence electrons. The largest absolute Gasteiger partial charge is 0.0881 e. The van der Waals surface area contributed by atoms with Gasteiger partial charge < -0.3 is 0 Å². The van der Waals surface area contributed by atoms with E-state index in [4.69, 9.17) is 0 Å². The molecule has 1 heteroatoms. The fraction of sp³-hybridized carbons (Fsp3) is 0.529. The molecule has 0 aliphatic heterocycles. The molecule has 0 aliphatic rings. The van der Waals surface area contributed by atoms with Crippen LogP contribution in [0.4, 0.5) is 0 Å².